The zero-order chi connectivity index (χ0) is 15.2. The minimum Gasteiger partial charge on any atom is -0.466 e. The van der Waals surface area contributed by atoms with Crippen LogP contribution in [0.1, 0.15) is 56.9 Å². The number of halogens is 1. The maximum Gasteiger partial charge on any atom is 0.305 e. The molecule has 1 aromatic carbocycles. The van der Waals surface area contributed by atoms with Gasteiger partial charge in [-0.15, -0.1) is 0 Å². The van der Waals surface area contributed by atoms with E-state index < -0.39 is 0 Å². The van der Waals surface area contributed by atoms with Gasteiger partial charge in [-0.05, 0) is 68.6 Å². The fourth-order valence-electron chi connectivity index (χ4n) is 3.14. The van der Waals surface area contributed by atoms with Crippen molar-refractivity contribution in [2.45, 2.75) is 51.4 Å². The van der Waals surface area contributed by atoms with Crippen molar-refractivity contribution in [3.05, 3.63) is 29.6 Å². The number of carbonyl (C=O) groups is 1. The van der Waals surface area contributed by atoms with E-state index in [1.54, 1.807) is 12.1 Å². The fourth-order valence-corrected chi connectivity index (χ4v) is 3.14. The quantitative estimate of drug-likeness (QED) is 0.659. The third-order valence-electron chi connectivity index (χ3n) is 4.40. The van der Waals surface area contributed by atoms with Gasteiger partial charge in [-0.2, -0.15) is 0 Å². The van der Waals surface area contributed by atoms with Crippen LogP contribution in [-0.2, 0) is 9.53 Å². The summed E-state index contributed by atoms with van der Waals surface area (Å²) in [5, 5.41) is 0. The Morgan fingerprint density at radius 2 is 2.05 bits per heavy atom. The molecule has 0 saturated heterocycles. The van der Waals surface area contributed by atoms with Crippen molar-refractivity contribution in [1.29, 1.82) is 0 Å². The number of esters is 1. The molecule has 2 N–H and O–H groups in total. The Morgan fingerprint density at radius 1 is 1.33 bits per heavy atom. The second-order valence-corrected chi connectivity index (χ2v) is 5.84. The van der Waals surface area contributed by atoms with E-state index in [1.165, 1.54) is 0 Å². The molecule has 1 aromatic rings. The first-order valence-electron chi connectivity index (χ1n) is 7.80. The summed E-state index contributed by atoms with van der Waals surface area (Å²) in [4.78, 5) is 11.4. The molecule has 1 saturated carbocycles. The van der Waals surface area contributed by atoms with E-state index in [1.807, 2.05) is 13.0 Å². The maximum absolute atomic E-state index is 13.5. The number of anilines is 1. The Labute approximate surface area is 125 Å². The van der Waals surface area contributed by atoms with Crippen molar-refractivity contribution in [2.75, 3.05) is 12.3 Å². The van der Waals surface area contributed by atoms with E-state index in [-0.39, 0.29) is 17.5 Å². The van der Waals surface area contributed by atoms with Gasteiger partial charge in [0.15, 0.2) is 0 Å². The minimum atomic E-state index is -0.322. The van der Waals surface area contributed by atoms with Crippen LogP contribution in [0.3, 0.4) is 0 Å². The molecule has 4 heteroatoms. The molecule has 3 nitrogen and oxygen atoms in total. The maximum atomic E-state index is 13.5. The summed E-state index contributed by atoms with van der Waals surface area (Å²) in [5.41, 5.74) is 6.77. The molecule has 2 rings (SSSR count). The molecule has 0 atom stereocenters. The summed E-state index contributed by atoms with van der Waals surface area (Å²) in [6, 6.07) is 5.15. The monoisotopic (exact) mass is 293 g/mol. The highest BCUT2D eigenvalue weighted by Gasteiger charge is 2.23. The molecule has 21 heavy (non-hydrogen) atoms. The van der Waals surface area contributed by atoms with Gasteiger partial charge in [-0.1, -0.05) is 6.07 Å². The molecule has 1 fully saturated rings. The Bertz CT molecular complexity index is 482. The molecular weight excluding hydrogens is 269 g/mol. The molecule has 0 amide bonds. The standard InChI is InChI=1S/C17H24FNO2/c1-2-21-17(20)10-5-12-3-6-13(7-4-12)14-8-9-16(19)15(18)11-14/h8-9,11-13H,2-7,10,19H2,1H3. The molecule has 0 aromatic heterocycles. The first kappa shape index (κ1) is 15.8. The molecule has 0 aliphatic heterocycles. The lowest BCUT2D eigenvalue weighted by atomic mass is 9.77. The van der Waals surface area contributed by atoms with Crippen LogP contribution < -0.4 is 5.73 Å². The Balaban J connectivity index is 1.80. The molecule has 0 radical (unpaired) electrons. The van der Waals surface area contributed by atoms with Crippen LogP contribution in [-0.4, -0.2) is 12.6 Å². The van der Waals surface area contributed by atoms with E-state index in [0.29, 0.717) is 24.9 Å². The first-order valence-corrected chi connectivity index (χ1v) is 7.80. The molecule has 0 unspecified atom stereocenters. The highest BCUT2D eigenvalue weighted by Crippen LogP contribution is 2.38. The Morgan fingerprint density at radius 3 is 2.67 bits per heavy atom. The van der Waals surface area contributed by atoms with Crippen LogP contribution in [0.4, 0.5) is 10.1 Å². The van der Waals surface area contributed by atoms with Crippen molar-refractivity contribution in [3.63, 3.8) is 0 Å². The van der Waals surface area contributed by atoms with Gasteiger partial charge in [-0.3, -0.25) is 4.79 Å². The van der Waals surface area contributed by atoms with Crippen LogP contribution in [0.25, 0.3) is 0 Å². The lowest BCUT2D eigenvalue weighted by molar-refractivity contribution is -0.143. The summed E-state index contributed by atoms with van der Waals surface area (Å²) in [7, 11) is 0. The summed E-state index contributed by atoms with van der Waals surface area (Å²) in [5.74, 6) is 0.584. The zero-order valence-electron chi connectivity index (χ0n) is 12.6. The van der Waals surface area contributed by atoms with Gasteiger partial charge in [-0.25, -0.2) is 4.39 Å². The topological polar surface area (TPSA) is 52.3 Å². The normalized spacial score (nSPS) is 22.0. The smallest absolute Gasteiger partial charge is 0.305 e. The minimum absolute atomic E-state index is 0.0970. The van der Waals surface area contributed by atoms with Crippen LogP contribution in [0, 0.1) is 11.7 Å². The molecule has 1 aliphatic rings. The van der Waals surface area contributed by atoms with Crippen molar-refractivity contribution < 1.29 is 13.9 Å². The van der Waals surface area contributed by atoms with Crippen LogP contribution in [0.5, 0.6) is 0 Å². The Hall–Kier alpha value is -1.58. The van der Waals surface area contributed by atoms with Gasteiger partial charge in [0.25, 0.3) is 0 Å². The van der Waals surface area contributed by atoms with Crippen LogP contribution >= 0.6 is 0 Å². The number of nitrogens with two attached hydrogens (primary N) is 1. The molecule has 1 aliphatic carbocycles. The van der Waals surface area contributed by atoms with E-state index in [4.69, 9.17) is 10.5 Å². The molecule has 0 bridgehead atoms. The first-order chi connectivity index (χ1) is 10.1. The van der Waals surface area contributed by atoms with Crippen molar-refractivity contribution >= 4 is 11.7 Å². The van der Waals surface area contributed by atoms with Crippen LogP contribution in [0.2, 0.25) is 0 Å². The van der Waals surface area contributed by atoms with E-state index >= 15 is 0 Å². The number of ether oxygens (including phenoxy) is 1. The number of hydrogen-bond donors (Lipinski definition) is 1. The number of nitrogen functional groups attached to an aromatic ring is 1. The molecule has 116 valence electrons. The van der Waals surface area contributed by atoms with Crippen molar-refractivity contribution in [3.8, 4) is 0 Å². The Kier molecular flexibility index (Phi) is 5.59. The predicted molar refractivity (Wildman–Crippen MR) is 81.4 cm³/mol. The highest BCUT2D eigenvalue weighted by molar-refractivity contribution is 5.69. The second kappa shape index (κ2) is 7.43. The van der Waals surface area contributed by atoms with Gasteiger partial charge in [0.1, 0.15) is 5.82 Å². The fraction of sp³-hybridized carbons (Fsp3) is 0.588. The number of carbonyl (C=O) groups excluding carboxylic acids is 1. The largest absolute Gasteiger partial charge is 0.466 e. The number of benzene rings is 1. The van der Waals surface area contributed by atoms with Gasteiger partial charge in [0, 0.05) is 6.42 Å². The van der Waals surface area contributed by atoms with E-state index in [0.717, 1.165) is 37.7 Å². The average molecular weight is 293 g/mol. The molecule has 0 heterocycles. The van der Waals surface area contributed by atoms with Crippen LogP contribution in [0.15, 0.2) is 18.2 Å². The van der Waals surface area contributed by atoms with Gasteiger partial charge in [0.2, 0.25) is 0 Å². The summed E-state index contributed by atoms with van der Waals surface area (Å²) in [6.07, 6.45) is 5.71. The lowest BCUT2D eigenvalue weighted by Gasteiger charge is -2.28. The average Bonchev–Trinajstić information content (AvgIpc) is 2.49. The molecule has 0 spiro atoms. The van der Waals surface area contributed by atoms with Gasteiger partial charge in [0.05, 0.1) is 12.3 Å². The highest BCUT2D eigenvalue weighted by atomic mass is 19.1. The van der Waals surface area contributed by atoms with E-state index in [2.05, 4.69) is 0 Å². The molecular formula is C17H24FNO2. The number of hydrogen-bond acceptors (Lipinski definition) is 3. The summed E-state index contributed by atoms with van der Waals surface area (Å²) in [6.45, 7) is 2.28. The SMILES string of the molecule is CCOC(=O)CCC1CCC(c2ccc(N)c(F)c2)CC1. The van der Waals surface area contributed by atoms with Gasteiger partial charge < -0.3 is 10.5 Å². The number of rotatable bonds is 5. The third kappa shape index (κ3) is 4.45. The second-order valence-electron chi connectivity index (χ2n) is 5.84. The van der Waals surface area contributed by atoms with Crippen molar-refractivity contribution in [2.24, 2.45) is 5.92 Å². The zero-order valence-corrected chi connectivity index (χ0v) is 12.6. The van der Waals surface area contributed by atoms with E-state index in [9.17, 15) is 9.18 Å². The van der Waals surface area contributed by atoms with Crippen molar-refractivity contribution in [1.82, 2.24) is 0 Å². The lowest BCUT2D eigenvalue weighted by Crippen LogP contribution is -2.15. The summed E-state index contributed by atoms with van der Waals surface area (Å²) < 4.78 is 18.5. The predicted octanol–water partition coefficient (Wildman–Crippen LogP) is 4.03. The third-order valence-corrected chi connectivity index (χ3v) is 4.40. The summed E-state index contributed by atoms with van der Waals surface area (Å²) >= 11 is 0. The van der Waals surface area contributed by atoms with Gasteiger partial charge >= 0.3 is 5.97 Å².